The molecule has 0 heterocycles. The molecule has 5 atom stereocenters. The predicted octanol–water partition coefficient (Wildman–Crippen LogP) is 22.4. The second-order valence-electron chi connectivity index (χ2n) is 26.2. The zero-order valence-electron chi connectivity index (χ0n) is 63.6. The number of esters is 2. The molecular formula is C83H142O17P2. The van der Waals surface area contributed by atoms with E-state index in [1.807, 2.05) is 24.3 Å². The average Bonchev–Trinajstić information content (AvgIpc) is 0.969. The van der Waals surface area contributed by atoms with Gasteiger partial charge in [0.25, 0.3) is 0 Å². The van der Waals surface area contributed by atoms with Crippen LogP contribution in [0.1, 0.15) is 309 Å². The summed E-state index contributed by atoms with van der Waals surface area (Å²) >= 11 is 0. The molecule has 0 rings (SSSR count). The van der Waals surface area contributed by atoms with Crippen molar-refractivity contribution in [3.05, 3.63) is 122 Å². The van der Waals surface area contributed by atoms with Crippen LogP contribution in [0.3, 0.4) is 0 Å². The smallest absolute Gasteiger partial charge is 0.462 e. The van der Waals surface area contributed by atoms with Gasteiger partial charge in [-0.1, -0.05) is 238 Å². The molecule has 0 radical (unpaired) electrons. The van der Waals surface area contributed by atoms with Gasteiger partial charge in [-0.05, 0) is 167 Å². The van der Waals surface area contributed by atoms with Gasteiger partial charge in [-0.2, -0.15) is 0 Å². The van der Waals surface area contributed by atoms with Gasteiger partial charge in [0.2, 0.25) is 0 Å². The largest absolute Gasteiger partial charge is 0.472 e. The lowest BCUT2D eigenvalue weighted by atomic mass is 10.1. The van der Waals surface area contributed by atoms with Crippen LogP contribution in [-0.4, -0.2) is 111 Å². The molecule has 0 saturated heterocycles. The zero-order chi connectivity index (χ0) is 74.3. The lowest BCUT2D eigenvalue weighted by molar-refractivity contribution is -0.161. The Bertz CT molecular complexity index is 2340. The second kappa shape index (κ2) is 77.9. The Hall–Kier alpha value is -4.22. The number of aliphatic hydroxyl groups is 1. The minimum Gasteiger partial charge on any atom is -0.462 e. The number of allylic oxidation sites excluding steroid dienone is 20. The minimum absolute atomic E-state index is 0.0263. The summed E-state index contributed by atoms with van der Waals surface area (Å²) in [5.74, 6) is -1.17. The number of carbonyl (C=O) groups is 4. The van der Waals surface area contributed by atoms with Crippen LogP contribution < -0.4 is 0 Å². The topological polar surface area (TPSA) is 237 Å². The van der Waals surface area contributed by atoms with Crippen molar-refractivity contribution in [2.75, 3.05) is 52.9 Å². The molecule has 0 aromatic carbocycles. The van der Waals surface area contributed by atoms with Gasteiger partial charge in [-0.3, -0.25) is 27.7 Å². The Labute approximate surface area is 619 Å². The van der Waals surface area contributed by atoms with Gasteiger partial charge in [-0.25, -0.2) is 9.13 Å². The fourth-order valence-electron chi connectivity index (χ4n) is 10.3. The van der Waals surface area contributed by atoms with Crippen molar-refractivity contribution >= 4 is 40.2 Å². The van der Waals surface area contributed by atoms with Gasteiger partial charge in [0.05, 0.1) is 33.0 Å². The molecule has 0 bridgehead atoms. The van der Waals surface area contributed by atoms with Crippen molar-refractivity contribution in [3.63, 3.8) is 0 Å². The van der Waals surface area contributed by atoms with E-state index in [4.69, 9.17) is 37.0 Å². The summed E-state index contributed by atoms with van der Waals surface area (Å²) in [6.45, 7) is 2.31. The Balaban J connectivity index is 5.33. The van der Waals surface area contributed by atoms with E-state index in [-0.39, 0.29) is 26.1 Å². The standard InChI is InChI=1S/C83H142O17P2/c1-3-5-7-9-11-13-15-17-19-21-25-31-37-43-49-55-61-67-82(87)95-76-81(100-83(88)68-62-56-50-44-38-32-26-22-20-18-16-14-12-10-8-6-4-2)78-99-102(91,92)97-74-79(86)73-96-101(89,90)98-77-80(75-93-71-65-59-53-47-41-35-30-28-34-40-46-52-58-64-70-85)94-72-66-60-54-48-42-36-29-24-23-27-33-39-45-51-57-63-69-84/h11-14,17-20,23,25-28,30-32,43-44,49-50,69-70,79-81,86H,3-10,15-16,21-22,24,29,33-42,45-48,51-68,71-78H2,1-2H3,(H,89,90)(H,91,92)/b13-11-,14-12-,19-17-,20-18-,27-23-,30-28-,31-25-,32-26-,49-43-,50-44-/t79-,80+,81+/m0/s1. The molecule has 2 unspecified atom stereocenters. The fraction of sp³-hybridized carbons (Fsp3) is 0.711. The first-order valence-electron chi connectivity index (χ1n) is 39.7. The van der Waals surface area contributed by atoms with Gasteiger partial charge in [0.1, 0.15) is 31.4 Å². The van der Waals surface area contributed by atoms with Gasteiger partial charge < -0.3 is 43.4 Å². The lowest BCUT2D eigenvalue weighted by Gasteiger charge is -2.21. The number of aldehydes is 2. The highest BCUT2D eigenvalue weighted by Crippen LogP contribution is 2.45. The summed E-state index contributed by atoms with van der Waals surface area (Å²) in [5.41, 5.74) is 0. The number of hydrogen-bond acceptors (Lipinski definition) is 15. The number of aliphatic hydroxyl groups excluding tert-OH is 1. The molecule has 102 heavy (non-hydrogen) atoms. The van der Waals surface area contributed by atoms with Crippen molar-refractivity contribution in [1.29, 1.82) is 0 Å². The average molecular weight is 1470 g/mol. The monoisotopic (exact) mass is 1470 g/mol. The zero-order valence-corrected chi connectivity index (χ0v) is 65.4. The van der Waals surface area contributed by atoms with Gasteiger partial charge in [-0.15, -0.1) is 0 Å². The van der Waals surface area contributed by atoms with Crippen molar-refractivity contribution in [1.82, 2.24) is 0 Å². The third-order valence-corrected chi connectivity index (χ3v) is 18.3. The first-order chi connectivity index (χ1) is 49.9. The van der Waals surface area contributed by atoms with Crippen LogP contribution in [0.5, 0.6) is 0 Å². The molecule has 0 aliphatic heterocycles. The van der Waals surface area contributed by atoms with Crippen LogP contribution in [-0.2, 0) is 65.4 Å². The summed E-state index contributed by atoms with van der Waals surface area (Å²) < 4.78 is 69.8. The number of unbranched alkanes of at least 4 members (excludes halogenated alkanes) is 30. The molecule has 0 spiro atoms. The Morgan fingerprint density at radius 2 is 0.618 bits per heavy atom. The molecule has 0 aromatic rings. The van der Waals surface area contributed by atoms with E-state index in [1.165, 1.54) is 70.6 Å². The first kappa shape index (κ1) is 97.8. The second-order valence-corrected chi connectivity index (χ2v) is 29.1. The molecule has 0 saturated carbocycles. The SMILES string of the molecule is CCCCC/C=C\C/C=C\C/C=C\C/C=C\CCCC(=O)OC[C@H](COP(=O)(O)OC[C@@H](O)COP(=O)(O)OC[C@@H](COCCCCCCC/C=C\CCCCCCC=O)OCCCCCCCCC/C=C\CCCCCCC=O)OC(=O)CCC/C=C\C/C=C\C/C=C\C/C=C\CCCCC. The molecule has 0 aliphatic carbocycles. The molecule has 0 aromatic heterocycles. The quantitative estimate of drug-likeness (QED) is 0.0169. The van der Waals surface area contributed by atoms with E-state index in [1.54, 1.807) is 0 Å². The van der Waals surface area contributed by atoms with E-state index >= 15 is 0 Å². The maximum absolute atomic E-state index is 13.1. The number of phosphoric acid groups is 2. The molecular weight excluding hydrogens is 1330 g/mol. The van der Waals surface area contributed by atoms with Gasteiger partial charge >= 0.3 is 27.6 Å². The highest BCUT2D eigenvalue weighted by Gasteiger charge is 2.30. The molecule has 19 heteroatoms. The van der Waals surface area contributed by atoms with Crippen LogP contribution in [0.4, 0.5) is 0 Å². The summed E-state index contributed by atoms with van der Waals surface area (Å²) in [4.78, 5) is 68.1. The summed E-state index contributed by atoms with van der Waals surface area (Å²) in [6, 6.07) is 0. The molecule has 3 N–H and O–H groups in total. The van der Waals surface area contributed by atoms with E-state index in [0.29, 0.717) is 51.7 Å². The summed E-state index contributed by atoms with van der Waals surface area (Å²) in [5, 5.41) is 10.6. The summed E-state index contributed by atoms with van der Waals surface area (Å²) in [7, 11) is -9.73. The minimum atomic E-state index is -4.95. The van der Waals surface area contributed by atoms with E-state index < -0.39 is 72.3 Å². The number of hydrogen-bond donors (Lipinski definition) is 3. The maximum Gasteiger partial charge on any atom is 0.472 e. The van der Waals surface area contributed by atoms with Crippen LogP contribution in [0, 0.1) is 0 Å². The predicted molar refractivity (Wildman–Crippen MR) is 418 cm³/mol. The lowest BCUT2D eigenvalue weighted by Crippen LogP contribution is -2.30. The van der Waals surface area contributed by atoms with Crippen LogP contribution >= 0.6 is 15.6 Å². The first-order valence-corrected chi connectivity index (χ1v) is 42.7. The van der Waals surface area contributed by atoms with Crippen molar-refractivity contribution in [3.8, 4) is 0 Å². The fourth-order valence-corrected chi connectivity index (χ4v) is 11.9. The molecule has 0 fully saturated rings. The van der Waals surface area contributed by atoms with Crippen molar-refractivity contribution < 1.29 is 80.2 Å². The normalized spacial score (nSPS) is 14.6. The van der Waals surface area contributed by atoms with Crippen LogP contribution in [0.25, 0.3) is 0 Å². The molecule has 0 aliphatic rings. The Kier molecular flexibility index (Phi) is 74.6. The van der Waals surface area contributed by atoms with E-state index in [2.05, 4.69) is 111 Å². The molecule has 586 valence electrons. The number of carbonyl (C=O) groups excluding carboxylic acids is 4. The summed E-state index contributed by atoms with van der Waals surface area (Å²) in [6.07, 6.45) is 86.0. The number of phosphoric ester groups is 2. The number of rotatable bonds is 78. The van der Waals surface area contributed by atoms with Crippen LogP contribution in [0.15, 0.2) is 122 Å². The highest BCUT2D eigenvalue weighted by molar-refractivity contribution is 7.47. The third kappa shape index (κ3) is 76.9. The molecule has 0 amide bonds. The Morgan fingerprint density at radius 3 is 1.00 bits per heavy atom. The van der Waals surface area contributed by atoms with Gasteiger partial charge in [0, 0.05) is 38.9 Å². The third-order valence-electron chi connectivity index (χ3n) is 16.4. The maximum atomic E-state index is 13.1. The number of ether oxygens (including phenoxy) is 4. The molecule has 17 nitrogen and oxygen atoms in total. The van der Waals surface area contributed by atoms with Crippen molar-refractivity contribution in [2.45, 2.75) is 328 Å². The van der Waals surface area contributed by atoms with Crippen LogP contribution in [0.2, 0.25) is 0 Å². The van der Waals surface area contributed by atoms with Crippen molar-refractivity contribution in [2.24, 2.45) is 0 Å². The highest BCUT2D eigenvalue weighted by atomic mass is 31.2. The Morgan fingerprint density at radius 1 is 0.324 bits per heavy atom. The van der Waals surface area contributed by atoms with E-state index in [9.17, 15) is 43.2 Å². The van der Waals surface area contributed by atoms with E-state index in [0.717, 1.165) is 186 Å². The van der Waals surface area contributed by atoms with Gasteiger partial charge in [0.15, 0.2) is 6.10 Å².